The molecule has 0 spiro atoms. The van der Waals surface area contributed by atoms with Gasteiger partial charge >= 0.3 is 18.2 Å². The van der Waals surface area contributed by atoms with Crippen LogP contribution in [0.5, 0.6) is 5.75 Å². The smallest absolute Gasteiger partial charge is 0.407 e. The highest BCUT2D eigenvalue weighted by Crippen LogP contribution is 2.31. The summed E-state index contributed by atoms with van der Waals surface area (Å²) in [5, 5.41) is 21.1. The van der Waals surface area contributed by atoms with Gasteiger partial charge in [0.1, 0.15) is 24.8 Å². The highest BCUT2D eigenvalue weighted by Gasteiger charge is 2.46. The van der Waals surface area contributed by atoms with E-state index in [1.807, 2.05) is 20.8 Å². The number of benzene rings is 2. The quantitative estimate of drug-likeness (QED) is 0.0262. The third-order valence-electron chi connectivity index (χ3n) is 17.1. The van der Waals surface area contributed by atoms with Gasteiger partial charge in [-0.1, -0.05) is 66.5 Å². The minimum atomic E-state index is -1.12. The van der Waals surface area contributed by atoms with E-state index in [0.29, 0.717) is 43.4 Å². The van der Waals surface area contributed by atoms with Gasteiger partial charge < -0.3 is 81.8 Å². The van der Waals surface area contributed by atoms with Gasteiger partial charge in [0.2, 0.25) is 41.4 Å². The fourth-order valence-electron chi connectivity index (χ4n) is 11.8. The Labute approximate surface area is 583 Å². The molecule has 2 aromatic carbocycles. The molecular formula is C68H102FN13O18. The lowest BCUT2D eigenvalue weighted by Crippen LogP contribution is -2.54. The van der Waals surface area contributed by atoms with E-state index in [2.05, 4.69) is 42.5 Å². The molecule has 13 amide bonds. The van der Waals surface area contributed by atoms with Crippen LogP contribution >= 0.6 is 0 Å². The van der Waals surface area contributed by atoms with Crippen molar-refractivity contribution in [1.82, 2.24) is 56.8 Å². The van der Waals surface area contributed by atoms with E-state index in [1.54, 1.807) is 64.2 Å². The maximum Gasteiger partial charge on any atom is 0.407 e. The van der Waals surface area contributed by atoms with Crippen molar-refractivity contribution in [2.75, 3.05) is 93.6 Å². The lowest BCUT2D eigenvalue weighted by Gasteiger charge is -2.37. The van der Waals surface area contributed by atoms with Crippen molar-refractivity contribution in [1.29, 1.82) is 0 Å². The van der Waals surface area contributed by atoms with E-state index >= 15 is 0 Å². The Morgan fingerprint density at radius 2 is 1.37 bits per heavy atom. The van der Waals surface area contributed by atoms with Crippen LogP contribution in [0, 0.1) is 23.6 Å². The standard InChI is InChI=1S/C68H102FN13O18/c1-13-18-49(80(9)58(88)37-75-65(92)60(41(4)5)79(7)8)53(97-11)35-57(87)82-38-46(34-50(82)61(98-12)42(6)62(89)74-36-51(83)44-23-26-52(96-10)47(69)33-44)100-68(95)73-31-30-72-67(94)99-39-43-21-24-45(25-22-43)76-63(90)48(19-17-29-71-66(70)93)77-64(91)59(40(2)3)78-54(84)20-15-14-16-32-81-55(85)27-28-56(81)86/h21-28,33,40-42,46,48-50,53,59-61H,13-20,29-32,34-39H2,1-12H3,(H,72,94)(H,73,95)(H,74,89)(H,75,92)(H,76,90)(H,77,91)(H,78,84)(H3,70,71,93)/t42-,46+,48+,49+,50+,53-,59+,60+,61-/m1/s1. The van der Waals surface area contributed by atoms with Gasteiger partial charge in [0.25, 0.3) is 11.8 Å². The van der Waals surface area contributed by atoms with Crippen LogP contribution in [-0.2, 0) is 68.7 Å². The van der Waals surface area contributed by atoms with Crippen molar-refractivity contribution < 1.29 is 90.4 Å². The molecule has 2 aliphatic rings. The minimum absolute atomic E-state index is 0.0139. The van der Waals surface area contributed by atoms with E-state index < -0.39 is 126 Å². The number of likely N-dealkylation sites (N-methyl/N-ethyl adjacent to an activating group) is 2. The van der Waals surface area contributed by atoms with Crippen LogP contribution in [0.3, 0.4) is 0 Å². The summed E-state index contributed by atoms with van der Waals surface area (Å²) in [7, 11) is 9.14. The number of urea groups is 1. The Morgan fingerprint density at radius 1 is 0.710 bits per heavy atom. The Morgan fingerprint density at radius 3 is 1.96 bits per heavy atom. The number of alkyl carbamates (subject to hydrolysis) is 2. The number of carbonyl (C=O) groups excluding carboxylic acids is 13. The van der Waals surface area contributed by atoms with Gasteiger partial charge in [-0.2, -0.15) is 0 Å². The Hall–Kier alpha value is -9.30. The SMILES string of the molecule is CCC[C@@H]([C@@H](CC(=O)N1C[C@@H](OC(=O)NCCNC(=O)OCc2ccc(NC(=O)[C@H](CCCNC(N)=O)NC(=O)[C@@H](NC(=O)CCCCCN3C(=O)C=CC3=O)C(C)C)cc2)C[C@H]1[C@H](OC)[C@@H](C)C(=O)NCC(=O)c1ccc(OC)c(F)c1)OC)N(C)C(=O)CNC(=O)[C@H](C(C)C)N(C)C. The topological polar surface area (TPSA) is 403 Å². The molecule has 0 aromatic heterocycles. The van der Waals surface area contributed by atoms with E-state index in [-0.39, 0.29) is 119 Å². The monoisotopic (exact) mass is 1410 g/mol. The number of Topliss-reactive ketones (excluding diaryl/α,β-unsaturated/α-hetero) is 1. The van der Waals surface area contributed by atoms with E-state index in [1.165, 1.54) is 62.3 Å². The molecule has 0 radical (unpaired) electrons. The Balaban J connectivity index is 1.35. The molecule has 2 aromatic rings. The minimum Gasteiger partial charge on any atom is -0.494 e. The second-order valence-corrected chi connectivity index (χ2v) is 25.4. The zero-order valence-corrected chi connectivity index (χ0v) is 59.4. The molecule has 0 bridgehead atoms. The van der Waals surface area contributed by atoms with Crippen molar-refractivity contribution in [2.24, 2.45) is 23.5 Å². The highest BCUT2D eigenvalue weighted by atomic mass is 19.1. The maximum atomic E-state index is 14.7. The number of nitrogens with zero attached hydrogens (tertiary/aromatic N) is 4. The summed E-state index contributed by atoms with van der Waals surface area (Å²) < 4.78 is 42.5. The van der Waals surface area contributed by atoms with Crippen molar-refractivity contribution in [3.05, 3.63) is 71.6 Å². The predicted octanol–water partition coefficient (Wildman–Crippen LogP) is 2.64. The molecule has 0 saturated carbocycles. The number of amides is 13. The number of hydrogen-bond acceptors (Lipinski definition) is 19. The average molecular weight is 1410 g/mol. The third-order valence-corrected chi connectivity index (χ3v) is 17.1. The first-order chi connectivity index (χ1) is 47.4. The number of carbonyl (C=O) groups is 13. The molecule has 1 fully saturated rings. The zero-order chi connectivity index (χ0) is 74.3. The van der Waals surface area contributed by atoms with Gasteiger partial charge in [0, 0.05) is 83.7 Å². The number of ketones is 1. The summed E-state index contributed by atoms with van der Waals surface area (Å²) in [6.07, 6.45) is 0.336. The average Bonchev–Trinajstić information content (AvgIpc) is 1.63. The predicted molar refractivity (Wildman–Crippen MR) is 364 cm³/mol. The molecule has 0 aliphatic carbocycles. The van der Waals surface area contributed by atoms with Crippen LogP contribution in [0.15, 0.2) is 54.6 Å². The molecule has 4 rings (SSSR count). The summed E-state index contributed by atoms with van der Waals surface area (Å²) in [5.41, 5.74) is 6.05. The van der Waals surface area contributed by atoms with Crippen LogP contribution in [0.4, 0.5) is 24.5 Å². The summed E-state index contributed by atoms with van der Waals surface area (Å²) >= 11 is 0. The van der Waals surface area contributed by atoms with Crippen molar-refractivity contribution >= 4 is 82.9 Å². The molecule has 32 heteroatoms. The number of rotatable bonds is 42. The molecule has 9 atom stereocenters. The number of halogens is 1. The summed E-state index contributed by atoms with van der Waals surface area (Å²) in [5.74, 6) is -7.15. The van der Waals surface area contributed by atoms with Gasteiger partial charge in [-0.05, 0) is 93.9 Å². The zero-order valence-electron chi connectivity index (χ0n) is 59.4. The number of anilines is 1. The normalized spacial score (nSPS) is 16.3. The molecule has 1 saturated heterocycles. The van der Waals surface area contributed by atoms with Crippen LogP contribution in [0.2, 0.25) is 0 Å². The first kappa shape index (κ1) is 83.1. The molecule has 2 heterocycles. The number of unbranched alkanes of at least 4 members (excludes halogenated alkanes) is 2. The second kappa shape index (κ2) is 42.0. The maximum absolute atomic E-state index is 14.7. The van der Waals surface area contributed by atoms with E-state index in [9.17, 15) is 66.7 Å². The number of nitrogens with one attached hydrogen (secondary N) is 8. The van der Waals surface area contributed by atoms with Crippen LogP contribution in [0.1, 0.15) is 122 Å². The van der Waals surface area contributed by atoms with Gasteiger partial charge in [-0.15, -0.1) is 0 Å². The Kier molecular flexibility index (Phi) is 34.9. The highest BCUT2D eigenvalue weighted by molar-refractivity contribution is 6.12. The van der Waals surface area contributed by atoms with Crippen molar-refractivity contribution in [2.45, 2.75) is 161 Å². The van der Waals surface area contributed by atoms with Gasteiger partial charge in [-0.3, -0.25) is 57.7 Å². The van der Waals surface area contributed by atoms with Crippen LogP contribution in [0.25, 0.3) is 0 Å². The van der Waals surface area contributed by atoms with E-state index in [0.717, 1.165) is 11.0 Å². The molecule has 10 N–H and O–H groups in total. The van der Waals surface area contributed by atoms with Gasteiger partial charge in [0.15, 0.2) is 17.3 Å². The fraction of sp³-hybridized carbons (Fsp3) is 0.603. The summed E-state index contributed by atoms with van der Waals surface area (Å²) in [6, 6.07) is 4.96. The first-order valence-corrected chi connectivity index (χ1v) is 33.6. The molecule has 31 nitrogen and oxygen atoms in total. The van der Waals surface area contributed by atoms with E-state index in [4.69, 9.17) is 29.4 Å². The third kappa shape index (κ3) is 26.4. The van der Waals surface area contributed by atoms with Crippen LogP contribution in [-0.4, -0.2) is 234 Å². The van der Waals surface area contributed by atoms with Gasteiger partial charge in [0.05, 0.1) is 69.4 Å². The number of likely N-dealkylation sites (tertiary alicyclic amines) is 1. The fourth-order valence-corrected chi connectivity index (χ4v) is 11.8. The number of primary amides is 1. The lowest BCUT2D eigenvalue weighted by molar-refractivity contribution is -0.145. The van der Waals surface area contributed by atoms with Crippen LogP contribution < -0.4 is 53.0 Å². The summed E-state index contributed by atoms with van der Waals surface area (Å²) in [4.78, 5) is 176. The number of imide groups is 1. The molecule has 0 unspecified atom stereocenters. The van der Waals surface area contributed by atoms with Crippen molar-refractivity contribution in [3.8, 4) is 5.75 Å². The van der Waals surface area contributed by atoms with Gasteiger partial charge in [-0.25, -0.2) is 18.8 Å². The number of ether oxygens (including phenoxy) is 5. The number of methoxy groups -OCH3 is 3. The van der Waals surface area contributed by atoms with Crippen molar-refractivity contribution in [3.63, 3.8) is 0 Å². The lowest BCUT2D eigenvalue weighted by atomic mass is 9.93. The summed E-state index contributed by atoms with van der Waals surface area (Å²) in [6.45, 7) is 9.59. The molecule has 2 aliphatic heterocycles. The molecular weight excluding hydrogens is 1310 g/mol. The Bertz CT molecular complexity index is 3150. The largest absolute Gasteiger partial charge is 0.494 e. The molecule has 100 heavy (non-hydrogen) atoms. The number of hydrogen-bond donors (Lipinski definition) is 9. The first-order valence-electron chi connectivity index (χ1n) is 33.6. The second-order valence-electron chi connectivity index (χ2n) is 25.4. The number of nitrogens with two attached hydrogens (primary N) is 1. The molecule has 554 valence electrons.